The molecule has 0 bridgehead atoms. The fourth-order valence-electron chi connectivity index (χ4n) is 2.54. The second-order valence-electron chi connectivity index (χ2n) is 4.77. The van der Waals surface area contributed by atoms with Gasteiger partial charge in [0.2, 0.25) is 0 Å². The quantitative estimate of drug-likeness (QED) is 0.738. The molecule has 0 radical (unpaired) electrons. The summed E-state index contributed by atoms with van der Waals surface area (Å²) in [6.45, 7) is 1.74. The lowest BCUT2D eigenvalue weighted by Gasteiger charge is -2.11. The van der Waals surface area contributed by atoms with E-state index in [1.807, 2.05) is 24.3 Å². The zero-order valence-corrected chi connectivity index (χ0v) is 11.3. The summed E-state index contributed by atoms with van der Waals surface area (Å²) < 4.78 is 5.48. The topological polar surface area (TPSA) is 67.5 Å². The summed E-state index contributed by atoms with van der Waals surface area (Å²) >= 11 is 0. The average Bonchev–Trinajstić information content (AvgIpc) is 2.95. The summed E-state index contributed by atoms with van der Waals surface area (Å²) in [5.41, 5.74) is 1.55. The Balaban J connectivity index is 2.40. The number of carbonyl (C=O) groups is 2. The van der Waals surface area contributed by atoms with Crippen LogP contribution in [0.25, 0.3) is 22.1 Å². The number of benzene rings is 2. The summed E-state index contributed by atoms with van der Waals surface area (Å²) in [6.07, 6.45) is 0.627. The highest BCUT2D eigenvalue weighted by atomic mass is 16.4. The van der Waals surface area contributed by atoms with Crippen LogP contribution in [0.4, 0.5) is 0 Å². The lowest BCUT2D eigenvalue weighted by Crippen LogP contribution is -2.01. The van der Waals surface area contributed by atoms with Gasteiger partial charge >= 0.3 is 5.97 Å². The van der Waals surface area contributed by atoms with Crippen molar-refractivity contribution in [2.24, 2.45) is 0 Å². The first-order valence-electron chi connectivity index (χ1n) is 6.43. The van der Waals surface area contributed by atoms with Crippen LogP contribution < -0.4 is 0 Å². The Morgan fingerprint density at radius 2 is 1.95 bits per heavy atom. The third-order valence-corrected chi connectivity index (χ3v) is 3.53. The van der Waals surface area contributed by atoms with Gasteiger partial charge in [-0.25, -0.2) is 4.79 Å². The van der Waals surface area contributed by atoms with Crippen molar-refractivity contribution in [1.82, 2.24) is 0 Å². The summed E-state index contributed by atoms with van der Waals surface area (Å²) in [5.74, 6) is -0.273. The van der Waals surface area contributed by atoms with Crippen LogP contribution in [-0.4, -0.2) is 17.4 Å². The molecule has 0 saturated carbocycles. The Bertz CT molecular complexity index is 858. The molecule has 0 amide bonds. The van der Waals surface area contributed by atoms with Crippen molar-refractivity contribution in [2.75, 3.05) is 0 Å². The normalized spacial score (nSPS) is 10.7. The van der Waals surface area contributed by atoms with E-state index in [1.54, 1.807) is 25.1 Å². The van der Waals surface area contributed by atoms with Crippen LogP contribution in [0.3, 0.4) is 0 Å². The van der Waals surface area contributed by atoms with E-state index in [2.05, 4.69) is 0 Å². The van der Waals surface area contributed by atoms with E-state index in [9.17, 15) is 14.7 Å². The van der Waals surface area contributed by atoms with Crippen LogP contribution in [-0.2, 0) is 0 Å². The Labute approximate surface area is 120 Å². The molecule has 1 aromatic heterocycles. The predicted octanol–water partition coefficient (Wildman–Crippen LogP) is 3.92. The monoisotopic (exact) mass is 280 g/mol. The van der Waals surface area contributed by atoms with E-state index in [4.69, 9.17) is 4.42 Å². The Kier molecular flexibility index (Phi) is 3.06. The molecule has 1 heterocycles. The van der Waals surface area contributed by atoms with Crippen LogP contribution in [0, 0.1) is 6.92 Å². The van der Waals surface area contributed by atoms with Crippen molar-refractivity contribution in [1.29, 1.82) is 0 Å². The molecule has 21 heavy (non-hydrogen) atoms. The van der Waals surface area contributed by atoms with Gasteiger partial charge in [-0.1, -0.05) is 24.3 Å². The zero-order chi connectivity index (χ0) is 15.0. The number of carboxylic acids is 1. The van der Waals surface area contributed by atoms with E-state index >= 15 is 0 Å². The molecule has 0 aliphatic rings. The lowest BCUT2D eigenvalue weighted by atomic mass is 9.93. The van der Waals surface area contributed by atoms with E-state index in [0.29, 0.717) is 23.2 Å². The minimum absolute atomic E-state index is 0.217. The number of hydrogen-bond acceptors (Lipinski definition) is 3. The van der Waals surface area contributed by atoms with Crippen molar-refractivity contribution >= 4 is 23.0 Å². The maximum atomic E-state index is 11.4. The number of fused-ring (bicyclic) bond motifs is 1. The van der Waals surface area contributed by atoms with Crippen LogP contribution >= 0.6 is 0 Å². The predicted molar refractivity (Wildman–Crippen MR) is 78.7 cm³/mol. The summed E-state index contributed by atoms with van der Waals surface area (Å²) in [5, 5.41) is 11.1. The minimum atomic E-state index is -0.985. The van der Waals surface area contributed by atoms with E-state index in [0.717, 1.165) is 10.8 Å². The highest BCUT2D eigenvalue weighted by Crippen LogP contribution is 2.35. The van der Waals surface area contributed by atoms with Gasteiger partial charge in [-0.05, 0) is 41.5 Å². The summed E-state index contributed by atoms with van der Waals surface area (Å²) in [6, 6.07) is 12.4. The van der Waals surface area contributed by atoms with Crippen molar-refractivity contribution < 1.29 is 19.1 Å². The van der Waals surface area contributed by atoms with Gasteiger partial charge in [-0.3, -0.25) is 4.79 Å². The number of carbonyl (C=O) groups excluding carboxylic acids is 1. The Morgan fingerprint density at radius 1 is 1.19 bits per heavy atom. The molecule has 0 fully saturated rings. The Morgan fingerprint density at radius 3 is 2.62 bits per heavy atom. The molecule has 0 saturated heterocycles. The molecular weight excluding hydrogens is 268 g/mol. The first kappa shape index (κ1) is 13.1. The standard InChI is InChI=1S/C17H12O4/c1-10-14(17(19)20)8-11-4-2-3-5-13(11)16(10)15-7-6-12(9-18)21-15/h2-9H,1H3,(H,19,20). The van der Waals surface area contributed by atoms with Gasteiger partial charge in [0, 0.05) is 5.56 Å². The largest absolute Gasteiger partial charge is 0.478 e. The van der Waals surface area contributed by atoms with Gasteiger partial charge in [0.1, 0.15) is 5.76 Å². The number of hydrogen-bond donors (Lipinski definition) is 1. The molecule has 0 unspecified atom stereocenters. The molecule has 0 aliphatic heterocycles. The number of furan rings is 1. The fourth-order valence-corrected chi connectivity index (χ4v) is 2.54. The van der Waals surface area contributed by atoms with Crippen LogP contribution in [0.2, 0.25) is 0 Å². The number of aldehydes is 1. The highest BCUT2D eigenvalue weighted by Gasteiger charge is 2.18. The van der Waals surface area contributed by atoms with Crippen LogP contribution in [0.15, 0.2) is 46.9 Å². The van der Waals surface area contributed by atoms with Gasteiger partial charge in [-0.15, -0.1) is 0 Å². The van der Waals surface area contributed by atoms with Gasteiger partial charge in [-0.2, -0.15) is 0 Å². The van der Waals surface area contributed by atoms with Crippen molar-refractivity contribution in [3.05, 3.63) is 59.4 Å². The highest BCUT2D eigenvalue weighted by molar-refractivity contribution is 6.04. The molecule has 4 heteroatoms. The molecule has 0 spiro atoms. The van der Waals surface area contributed by atoms with Crippen molar-refractivity contribution in [3.8, 4) is 11.3 Å². The third-order valence-electron chi connectivity index (χ3n) is 3.53. The fraction of sp³-hybridized carbons (Fsp3) is 0.0588. The molecule has 2 aromatic carbocycles. The Hall–Kier alpha value is -2.88. The molecule has 0 atom stereocenters. The molecule has 0 aliphatic carbocycles. The molecule has 104 valence electrons. The second kappa shape index (κ2) is 4.90. The molecule has 1 N–H and O–H groups in total. The first-order chi connectivity index (χ1) is 10.1. The second-order valence-corrected chi connectivity index (χ2v) is 4.77. The average molecular weight is 280 g/mol. The van der Waals surface area contributed by atoms with Gasteiger partial charge in [0.15, 0.2) is 12.0 Å². The van der Waals surface area contributed by atoms with Gasteiger partial charge < -0.3 is 9.52 Å². The molecule has 3 rings (SSSR count). The molecule has 3 aromatic rings. The van der Waals surface area contributed by atoms with Crippen LogP contribution in [0.5, 0.6) is 0 Å². The summed E-state index contributed by atoms with van der Waals surface area (Å²) in [7, 11) is 0. The van der Waals surface area contributed by atoms with Gasteiger partial charge in [0.25, 0.3) is 0 Å². The van der Waals surface area contributed by atoms with Crippen LogP contribution in [0.1, 0.15) is 26.5 Å². The zero-order valence-electron chi connectivity index (χ0n) is 11.3. The lowest BCUT2D eigenvalue weighted by molar-refractivity contribution is 0.0696. The minimum Gasteiger partial charge on any atom is -0.478 e. The van der Waals surface area contributed by atoms with E-state index < -0.39 is 5.97 Å². The smallest absolute Gasteiger partial charge is 0.335 e. The van der Waals surface area contributed by atoms with Crippen molar-refractivity contribution in [3.63, 3.8) is 0 Å². The maximum absolute atomic E-state index is 11.4. The third kappa shape index (κ3) is 2.10. The summed E-state index contributed by atoms with van der Waals surface area (Å²) in [4.78, 5) is 22.2. The first-order valence-corrected chi connectivity index (χ1v) is 6.43. The number of rotatable bonds is 3. The van der Waals surface area contributed by atoms with E-state index in [-0.39, 0.29) is 11.3 Å². The van der Waals surface area contributed by atoms with E-state index in [1.165, 1.54) is 0 Å². The number of aromatic carboxylic acids is 1. The van der Waals surface area contributed by atoms with Gasteiger partial charge in [0.05, 0.1) is 5.56 Å². The van der Waals surface area contributed by atoms with Crippen molar-refractivity contribution in [2.45, 2.75) is 6.92 Å². The maximum Gasteiger partial charge on any atom is 0.335 e. The SMILES string of the molecule is Cc1c(C(=O)O)cc2ccccc2c1-c1ccc(C=O)o1. The number of carboxylic acid groups (broad SMARTS) is 1. The molecule has 4 nitrogen and oxygen atoms in total. The molecular formula is C17H12O4.